The summed E-state index contributed by atoms with van der Waals surface area (Å²) < 4.78 is 5.50. The van der Waals surface area contributed by atoms with Gasteiger partial charge in [-0.25, -0.2) is 0 Å². The van der Waals surface area contributed by atoms with Crippen LogP contribution < -0.4 is 10.6 Å². The number of furan rings is 1. The van der Waals surface area contributed by atoms with E-state index in [1.807, 2.05) is 50.1 Å². The van der Waals surface area contributed by atoms with Gasteiger partial charge in [-0.3, -0.25) is 0 Å². The lowest BCUT2D eigenvalue weighted by Crippen LogP contribution is -2.33. The fourth-order valence-electron chi connectivity index (χ4n) is 1.76. The molecule has 2 aromatic heterocycles. The zero-order valence-corrected chi connectivity index (χ0v) is 10.9. The summed E-state index contributed by atoms with van der Waals surface area (Å²) in [6.07, 6.45) is 0. The Hall–Kier alpha value is -1.88. The van der Waals surface area contributed by atoms with E-state index in [9.17, 15) is 0 Å². The molecule has 0 saturated carbocycles. The summed E-state index contributed by atoms with van der Waals surface area (Å²) in [5, 5.41) is 8.34. The van der Waals surface area contributed by atoms with E-state index in [0.29, 0.717) is 0 Å². The molecule has 0 aliphatic rings. The van der Waals surface area contributed by atoms with Crippen molar-refractivity contribution in [1.29, 1.82) is 0 Å². The van der Waals surface area contributed by atoms with Crippen LogP contribution in [0.3, 0.4) is 0 Å². The number of nitrogens with two attached hydrogens (primary N) is 1. The molecule has 2 aromatic rings. The van der Waals surface area contributed by atoms with Crippen LogP contribution in [0.5, 0.6) is 0 Å². The molecule has 5 nitrogen and oxygen atoms in total. The molecule has 0 aliphatic carbocycles. The number of likely N-dealkylation sites (N-methyl/N-ethyl adjacent to an activating group) is 1. The lowest BCUT2D eigenvalue weighted by atomic mass is 10.3. The van der Waals surface area contributed by atoms with Gasteiger partial charge < -0.3 is 15.1 Å². The smallest absolute Gasteiger partial charge is 0.154 e. The van der Waals surface area contributed by atoms with Gasteiger partial charge >= 0.3 is 0 Å². The highest BCUT2D eigenvalue weighted by atomic mass is 16.3. The van der Waals surface area contributed by atoms with Crippen LogP contribution in [0.15, 0.2) is 28.7 Å². The molecule has 1 unspecified atom stereocenters. The highest BCUT2D eigenvalue weighted by Crippen LogP contribution is 2.20. The lowest BCUT2D eigenvalue weighted by molar-refractivity contribution is 0.545. The van der Waals surface area contributed by atoms with Gasteiger partial charge in [0.25, 0.3) is 0 Å². The van der Waals surface area contributed by atoms with Crippen molar-refractivity contribution in [2.45, 2.75) is 19.9 Å². The Morgan fingerprint density at radius 3 is 2.56 bits per heavy atom. The quantitative estimate of drug-likeness (QED) is 0.891. The van der Waals surface area contributed by atoms with Crippen LogP contribution in [0, 0.1) is 6.92 Å². The normalized spacial score (nSPS) is 12.4. The van der Waals surface area contributed by atoms with Crippen molar-refractivity contribution in [1.82, 2.24) is 10.2 Å². The highest BCUT2D eigenvalue weighted by molar-refractivity contribution is 5.53. The second kappa shape index (κ2) is 5.18. The first-order valence-corrected chi connectivity index (χ1v) is 5.93. The number of nitrogens with zero attached hydrogens (tertiary/aromatic N) is 3. The van der Waals surface area contributed by atoms with Crippen LogP contribution in [0.2, 0.25) is 0 Å². The predicted molar refractivity (Wildman–Crippen MR) is 71.4 cm³/mol. The van der Waals surface area contributed by atoms with E-state index in [-0.39, 0.29) is 6.04 Å². The summed E-state index contributed by atoms with van der Waals surface area (Å²) in [5.74, 6) is 2.41. The second-order valence-electron chi connectivity index (χ2n) is 4.54. The van der Waals surface area contributed by atoms with Gasteiger partial charge in [-0.15, -0.1) is 10.2 Å². The Balaban J connectivity index is 2.15. The Morgan fingerprint density at radius 2 is 2.06 bits per heavy atom. The Kier molecular flexibility index (Phi) is 3.62. The summed E-state index contributed by atoms with van der Waals surface area (Å²) >= 11 is 0. The maximum atomic E-state index is 5.75. The highest BCUT2D eigenvalue weighted by Gasteiger charge is 2.08. The van der Waals surface area contributed by atoms with Crippen molar-refractivity contribution >= 4 is 5.82 Å². The molecular formula is C13H18N4O. The van der Waals surface area contributed by atoms with E-state index < -0.39 is 0 Å². The zero-order chi connectivity index (χ0) is 13.1. The molecule has 2 rings (SSSR count). The van der Waals surface area contributed by atoms with Crippen molar-refractivity contribution < 1.29 is 4.42 Å². The number of hydrogen-bond acceptors (Lipinski definition) is 5. The summed E-state index contributed by atoms with van der Waals surface area (Å²) in [6.45, 7) is 4.61. The third-order valence-corrected chi connectivity index (χ3v) is 2.60. The molecule has 0 bridgehead atoms. The van der Waals surface area contributed by atoms with Crippen molar-refractivity contribution in [2.24, 2.45) is 5.73 Å². The van der Waals surface area contributed by atoms with E-state index in [1.165, 1.54) is 0 Å². The van der Waals surface area contributed by atoms with Crippen LogP contribution in [-0.2, 0) is 0 Å². The Bertz CT molecular complexity index is 504. The number of aromatic nitrogens is 2. The van der Waals surface area contributed by atoms with Crippen molar-refractivity contribution in [3.63, 3.8) is 0 Å². The lowest BCUT2D eigenvalue weighted by Gasteiger charge is -2.19. The van der Waals surface area contributed by atoms with Gasteiger partial charge in [0, 0.05) is 19.6 Å². The van der Waals surface area contributed by atoms with Gasteiger partial charge in [0.1, 0.15) is 11.5 Å². The van der Waals surface area contributed by atoms with Crippen LogP contribution >= 0.6 is 0 Å². The first-order valence-electron chi connectivity index (χ1n) is 5.93. The molecule has 0 saturated heterocycles. The van der Waals surface area contributed by atoms with Gasteiger partial charge in [0.15, 0.2) is 11.6 Å². The minimum Gasteiger partial charge on any atom is -0.460 e. The number of hydrogen-bond donors (Lipinski definition) is 1. The molecule has 0 spiro atoms. The maximum Gasteiger partial charge on any atom is 0.154 e. The van der Waals surface area contributed by atoms with Crippen molar-refractivity contribution in [3.05, 3.63) is 30.0 Å². The number of aryl methyl sites for hydroxylation is 1. The van der Waals surface area contributed by atoms with Crippen LogP contribution in [0.25, 0.3) is 11.5 Å². The van der Waals surface area contributed by atoms with Gasteiger partial charge in [-0.05, 0) is 38.1 Å². The topological polar surface area (TPSA) is 68.2 Å². The Labute approximate surface area is 107 Å². The molecule has 0 aliphatic heterocycles. The van der Waals surface area contributed by atoms with Gasteiger partial charge in [-0.2, -0.15) is 0 Å². The molecule has 1 atom stereocenters. The van der Waals surface area contributed by atoms with E-state index >= 15 is 0 Å². The fraction of sp³-hybridized carbons (Fsp3) is 0.385. The molecule has 96 valence electrons. The standard InChI is InChI=1S/C13H18N4O/c1-9(14)8-17(3)13-7-5-11(15-16-13)12-6-4-10(2)18-12/h4-7,9H,8,14H2,1-3H3. The van der Waals surface area contributed by atoms with Crippen LogP contribution in [0.1, 0.15) is 12.7 Å². The number of anilines is 1. The van der Waals surface area contributed by atoms with E-state index in [1.54, 1.807) is 0 Å². The molecule has 18 heavy (non-hydrogen) atoms. The molecule has 2 heterocycles. The summed E-state index contributed by atoms with van der Waals surface area (Å²) in [5.41, 5.74) is 6.49. The average molecular weight is 246 g/mol. The number of rotatable bonds is 4. The minimum absolute atomic E-state index is 0.101. The zero-order valence-electron chi connectivity index (χ0n) is 10.9. The molecular weight excluding hydrogens is 228 g/mol. The van der Waals surface area contributed by atoms with E-state index in [2.05, 4.69) is 10.2 Å². The SMILES string of the molecule is Cc1ccc(-c2ccc(N(C)CC(C)N)nn2)o1. The maximum absolute atomic E-state index is 5.75. The first kappa shape index (κ1) is 12.6. The second-order valence-corrected chi connectivity index (χ2v) is 4.54. The third-order valence-electron chi connectivity index (χ3n) is 2.60. The molecule has 0 aromatic carbocycles. The molecule has 0 amide bonds. The van der Waals surface area contributed by atoms with E-state index in [0.717, 1.165) is 29.6 Å². The summed E-state index contributed by atoms with van der Waals surface area (Å²) in [6, 6.07) is 7.72. The molecule has 0 fully saturated rings. The average Bonchev–Trinajstić information content (AvgIpc) is 2.75. The third kappa shape index (κ3) is 2.87. The monoisotopic (exact) mass is 246 g/mol. The first-order chi connectivity index (χ1) is 8.56. The van der Waals surface area contributed by atoms with E-state index in [4.69, 9.17) is 10.2 Å². The summed E-state index contributed by atoms with van der Waals surface area (Å²) in [4.78, 5) is 1.98. The molecule has 2 N–H and O–H groups in total. The fourth-order valence-corrected chi connectivity index (χ4v) is 1.76. The summed E-state index contributed by atoms with van der Waals surface area (Å²) in [7, 11) is 1.95. The minimum atomic E-state index is 0.101. The van der Waals surface area contributed by atoms with Crippen LogP contribution in [0.4, 0.5) is 5.82 Å². The van der Waals surface area contributed by atoms with Gasteiger partial charge in [0.2, 0.25) is 0 Å². The van der Waals surface area contributed by atoms with Gasteiger partial charge in [0.05, 0.1) is 0 Å². The molecule has 5 heteroatoms. The van der Waals surface area contributed by atoms with Gasteiger partial charge in [-0.1, -0.05) is 0 Å². The molecule has 0 radical (unpaired) electrons. The van der Waals surface area contributed by atoms with Crippen LogP contribution in [-0.4, -0.2) is 29.8 Å². The predicted octanol–water partition coefficient (Wildman–Crippen LogP) is 1.83. The van der Waals surface area contributed by atoms with Crippen molar-refractivity contribution in [2.75, 3.05) is 18.5 Å². The van der Waals surface area contributed by atoms with Crippen molar-refractivity contribution in [3.8, 4) is 11.5 Å². The Morgan fingerprint density at radius 1 is 1.28 bits per heavy atom. The largest absolute Gasteiger partial charge is 0.460 e.